The third-order valence-corrected chi connectivity index (χ3v) is 3.17. The number of nitrogens with one attached hydrogen (secondary N) is 2. The molecule has 0 bridgehead atoms. The van der Waals surface area contributed by atoms with Crippen molar-refractivity contribution in [3.05, 3.63) is 28.8 Å². The van der Waals surface area contributed by atoms with Crippen LogP contribution in [0.25, 0.3) is 0 Å². The highest BCUT2D eigenvalue weighted by molar-refractivity contribution is 6.30. The molecule has 1 aromatic carbocycles. The number of anilines is 1. The molecule has 0 saturated carbocycles. The van der Waals surface area contributed by atoms with Crippen molar-refractivity contribution in [2.45, 2.75) is 25.3 Å². The Kier molecular flexibility index (Phi) is 3.49. The van der Waals surface area contributed by atoms with Gasteiger partial charge in [-0.05, 0) is 50.6 Å². The van der Waals surface area contributed by atoms with Crippen molar-refractivity contribution < 1.29 is 0 Å². The molecule has 15 heavy (non-hydrogen) atoms. The zero-order chi connectivity index (χ0) is 10.7. The second kappa shape index (κ2) is 4.86. The summed E-state index contributed by atoms with van der Waals surface area (Å²) in [5, 5.41) is 7.55. The molecule has 0 saturated heterocycles. The fraction of sp³-hybridized carbons (Fsp3) is 0.500. The molecule has 0 radical (unpaired) electrons. The average molecular weight is 225 g/mol. The van der Waals surface area contributed by atoms with Gasteiger partial charge in [0, 0.05) is 16.8 Å². The van der Waals surface area contributed by atoms with Gasteiger partial charge in [0.05, 0.1) is 0 Å². The van der Waals surface area contributed by atoms with Gasteiger partial charge >= 0.3 is 0 Å². The molecule has 0 amide bonds. The summed E-state index contributed by atoms with van der Waals surface area (Å²) in [6.07, 6.45) is 3.55. The van der Waals surface area contributed by atoms with Crippen molar-refractivity contribution in [1.82, 2.24) is 5.32 Å². The first kappa shape index (κ1) is 10.8. The Balaban J connectivity index is 2.05. The lowest BCUT2D eigenvalue weighted by Crippen LogP contribution is -2.28. The Hall–Kier alpha value is -0.730. The largest absolute Gasteiger partial charge is 0.382 e. The smallest absolute Gasteiger partial charge is 0.0426 e. The molecule has 1 unspecified atom stereocenters. The van der Waals surface area contributed by atoms with Crippen molar-refractivity contribution in [2.24, 2.45) is 0 Å². The van der Waals surface area contributed by atoms with Crippen LogP contribution in [0.5, 0.6) is 0 Å². The number of halogens is 1. The maximum atomic E-state index is 5.98. The highest BCUT2D eigenvalue weighted by Crippen LogP contribution is 2.28. The van der Waals surface area contributed by atoms with Crippen LogP contribution in [-0.4, -0.2) is 19.6 Å². The first-order valence-corrected chi connectivity index (χ1v) is 5.87. The molecule has 1 atom stereocenters. The fourth-order valence-corrected chi connectivity index (χ4v) is 2.23. The number of aryl methyl sites for hydroxylation is 1. The summed E-state index contributed by atoms with van der Waals surface area (Å²) in [7, 11) is 1.99. The molecule has 3 heteroatoms. The van der Waals surface area contributed by atoms with E-state index < -0.39 is 0 Å². The van der Waals surface area contributed by atoms with Crippen LogP contribution in [0, 0.1) is 0 Å². The van der Waals surface area contributed by atoms with Gasteiger partial charge in [0.2, 0.25) is 0 Å². The molecular formula is C12H17ClN2. The SMILES string of the molecule is CNCCC1CCc2ccc(Cl)cc2N1. The monoisotopic (exact) mass is 224 g/mol. The minimum absolute atomic E-state index is 0.586. The number of hydrogen-bond donors (Lipinski definition) is 2. The summed E-state index contributed by atoms with van der Waals surface area (Å²) in [6.45, 7) is 1.06. The second-order valence-electron chi connectivity index (χ2n) is 4.07. The van der Waals surface area contributed by atoms with Gasteiger partial charge in [-0.3, -0.25) is 0 Å². The van der Waals surface area contributed by atoms with Gasteiger partial charge in [0.15, 0.2) is 0 Å². The van der Waals surface area contributed by atoms with Gasteiger partial charge in [-0.1, -0.05) is 17.7 Å². The van der Waals surface area contributed by atoms with E-state index >= 15 is 0 Å². The quantitative estimate of drug-likeness (QED) is 0.825. The lowest BCUT2D eigenvalue weighted by Gasteiger charge is -2.27. The second-order valence-corrected chi connectivity index (χ2v) is 4.51. The maximum absolute atomic E-state index is 5.98. The van der Waals surface area contributed by atoms with Crippen LogP contribution in [0.15, 0.2) is 18.2 Å². The molecular weight excluding hydrogens is 208 g/mol. The Morgan fingerprint density at radius 2 is 2.40 bits per heavy atom. The standard InChI is InChI=1S/C12H17ClN2/c1-14-7-6-11-5-3-9-2-4-10(13)8-12(9)15-11/h2,4,8,11,14-15H,3,5-7H2,1H3. The lowest BCUT2D eigenvalue weighted by molar-refractivity contribution is 0.568. The molecule has 2 rings (SSSR count). The van der Waals surface area contributed by atoms with Gasteiger partial charge in [0.1, 0.15) is 0 Å². The molecule has 82 valence electrons. The van der Waals surface area contributed by atoms with Crippen molar-refractivity contribution >= 4 is 17.3 Å². The summed E-state index contributed by atoms with van der Waals surface area (Å²) < 4.78 is 0. The topological polar surface area (TPSA) is 24.1 Å². The van der Waals surface area contributed by atoms with Gasteiger partial charge in [0.25, 0.3) is 0 Å². The molecule has 2 N–H and O–H groups in total. The summed E-state index contributed by atoms with van der Waals surface area (Å²) in [5.41, 5.74) is 2.61. The maximum Gasteiger partial charge on any atom is 0.0426 e. The van der Waals surface area contributed by atoms with Crippen LogP contribution in [0.1, 0.15) is 18.4 Å². The van der Waals surface area contributed by atoms with Crippen molar-refractivity contribution in [1.29, 1.82) is 0 Å². The summed E-state index contributed by atoms with van der Waals surface area (Å²) >= 11 is 5.98. The highest BCUT2D eigenvalue weighted by atomic mass is 35.5. The van der Waals surface area contributed by atoms with Gasteiger partial charge < -0.3 is 10.6 Å². The van der Waals surface area contributed by atoms with E-state index in [9.17, 15) is 0 Å². The minimum Gasteiger partial charge on any atom is -0.382 e. The van der Waals surface area contributed by atoms with E-state index in [4.69, 9.17) is 11.6 Å². The molecule has 0 aromatic heterocycles. The zero-order valence-corrected chi connectivity index (χ0v) is 9.77. The third kappa shape index (κ3) is 2.64. The number of benzene rings is 1. The van der Waals surface area contributed by atoms with Crippen LogP contribution >= 0.6 is 11.6 Å². The first-order valence-electron chi connectivity index (χ1n) is 5.49. The number of fused-ring (bicyclic) bond motifs is 1. The van der Waals surface area contributed by atoms with Crippen LogP contribution in [0.2, 0.25) is 5.02 Å². The predicted octanol–water partition coefficient (Wildman–Crippen LogP) is 2.68. The Labute approximate surface area is 96.0 Å². The Bertz CT molecular complexity index is 338. The lowest BCUT2D eigenvalue weighted by atomic mass is 9.96. The van der Waals surface area contributed by atoms with E-state index in [0.717, 1.165) is 18.0 Å². The zero-order valence-electron chi connectivity index (χ0n) is 9.02. The first-order chi connectivity index (χ1) is 7.29. The van der Waals surface area contributed by atoms with Crippen LogP contribution in [0.4, 0.5) is 5.69 Å². The molecule has 0 spiro atoms. The molecule has 0 fully saturated rings. The minimum atomic E-state index is 0.586. The Morgan fingerprint density at radius 3 is 3.20 bits per heavy atom. The summed E-state index contributed by atoms with van der Waals surface area (Å²) in [6, 6.07) is 6.71. The van der Waals surface area contributed by atoms with Crippen molar-refractivity contribution in [3.8, 4) is 0 Å². The molecule has 1 heterocycles. The third-order valence-electron chi connectivity index (χ3n) is 2.94. The summed E-state index contributed by atoms with van der Waals surface area (Å²) in [5.74, 6) is 0. The molecule has 1 aliphatic heterocycles. The molecule has 0 aliphatic carbocycles. The van der Waals surface area contributed by atoms with E-state index in [1.165, 1.54) is 24.1 Å². The predicted molar refractivity (Wildman–Crippen MR) is 65.7 cm³/mol. The number of rotatable bonds is 3. The van der Waals surface area contributed by atoms with Gasteiger partial charge in [-0.15, -0.1) is 0 Å². The molecule has 1 aliphatic rings. The average Bonchev–Trinajstić information content (AvgIpc) is 2.25. The van der Waals surface area contributed by atoms with Gasteiger partial charge in [-0.25, -0.2) is 0 Å². The van der Waals surface area contributed by atoms with Crippen molar-refractivity contribution in [2.75, 3.05) is 18.9 Å². The fourth-order valence-electron chi connectivity index (χ4n) is 2.06. The van der Waals surface area contributed by atoms with Gasteiger partial charge in [-0.2, -0.15) is 0 Å². The van der Waals surface area contributed by atoms with Crippen LogP contribution < -0.4 is 10.6 Å². The van der Waals surface area contributed by atoms with E-state index in [2.05, 4.69) is 16.7 Å². The normalized spacial score (nSPS) is 19.5. The molecule has 1 aromatic rings. The summed E-state index contributed by atoms with van der Waals surface area (Å²) in [4.78, 5) is 0. The van der Waals surface area contributed by atoms with E-state index in [1.54, 1.807) is 0 Å². The number of hydrogen-bond acceptors (Lipinski definition) is 2. The van der Waals surface area contributed by atoms with Crippen molar-refractivity contribution in [3.63, 3.8) is 0 Å². The van der Waals surface area contributed by atoms with E-state index in [-0.39, 0.29) is 0 Å². The molecule has 2 nitrogen and oxygen atoms in total. The Morgan fingerprint density at radius 1 is 1.53 bits per heavy atom. The van der Waals surface area contributed by atoms with Crippen LogP contribution in [-0.2, 0) is 6.42 Å². The van der Waals surface area contributed by atoms with E-state index in [0.29, 0.717) is 6.04 Å². The van der Waals surface area contributed by atoms with E-state index in [1.807, 2.05) is 19.2 Å². The highest BCUT2D eigenvalue weighted by Gasteiger charge is 2.16. The van der Waals surface area contributed by atoms with Crippen LogP contribution in [0.3, 0.4) is 0 Å².